The van der Waals surface area contributed by atoms with Crippen LogP contribution in [0.5, 0.6) is 0 Å². The Hall–Kier alpha value is -3.15. The molecule has 5 heteroatoms. The second-order valence-corrected chi connectivity index (χ2v) is 7.16. The summed E-state index contributed by atoms with van der Waals surface area (Å²) < 4.78 is 0. The van der Waals surface area contributed by atoms with E-state index in [4.69, 9.17) is 0 Å². The molecule has 2 N–H and O–H groups in total. The maximum absolute atomic E-state index is 12.2. The van der Waals surface area contributed by atoms with E-state index in [-0.39, 0.29) is 11.9 Å². The van der Waals surface area contributed by atoms with Crippen molar-refractivity contribution in [3.05, 3.63) is 70.3 Å². The fourth-order valence-electron chi connectivity index (χ4n) is 3.74. The number of amides is 1. The van der Waals surface area contributed by atoms with Gasteiger partial charge in [-0.15, -0.1) is 0 Å². The van der Waals surface area contributed by atoms with E-state index in [0.717, 1.165) is 24.1 Å². The smallest absolute Gasteiger partial charge is 0.246 e. The first-order valence-electron chi connectivity index (χ1n) is 9.03. The van der Waals surface area contributed by atoms with Gasteiger partial charge in [-0.05, 0) is 55.3 Å². The van der Waals surface area contributed by atoms with Gasteiger partial charge in [0.1, 0.15) is 0 Å². The normalized spacial score (nSPS) is 27.5. The van der Waals surface area contributed by atoms with Gasteiger partial charge in [-0.2, -0.15) is 10.5 Å². The first-order chi connectivity index (χ1) is 13.0. The maximum Gasteiger partial charge on any atom is 0.246 e. The average molecular weight is 358 g/mol. The zero-order valence-electron chi connectivity index (χ0n) is 15.5. The van der Waals surface area contributed by atoms with Crippen LogP contribution in [0.4, 0.5) is 0 Å². The fourth-order valence-corrected chi connectivity index (χ4v) is 3.74. The van der Waals surface area contributed by atoms with E-state index in [1.807, 2.05) is 36.4 Å². The molecule has 5 nitrogen and oxygen atoms in total. The molecular weight excluding hydrogens is 336 g/mol. The van der Waals surface area contributed by atoms with Crippen molar-refractivity contribution >= 4 is 5.91 Å². The average Bonchev–Trinajstić information content (AvgIpc) is 2.68. The topological polar surface area (TPSA) is 88.7 Å². The zero-order valence-corrected chi connectivity index (χ0v) is 15.5. The number of rotatable bonds is 1. The third-order valence-corrected chi connectivity index (χ3v) is 5.18. The third kappa shape index (κ3) is 3.69. The molecule has 1 heterocycles. The van der Waals surface area contributed by atoms with E-state index in [0.29, 0.717) is 23.3 Å². The Labute approximate surface area is 159 Å². The highest BCUT2D eigenvalue weighted by Gasteiger charge is 2.39. The van der Waals surface area contributed by atoms with E-state index in [9.17, 15) is 15.3 Å². The van der Waals surface area contributed by atoms with Gasteiger partial charge in [0, 0.05) is 29.1 Å². The molecule has 1 aliphatic heterocycles. The SMILES string of the molecule is C/C1=C\C2=CC(C#N)=CC(C)(c3cccc(C#N)c3)C2NCCCNC1=O. The Morgan fingerprint density at radius 2 is 2.00 bits per heavy atom. The van der Waals surface area contributed by atoms with E-state index in [1.54, 1.807) is 13.0 Å². The summed E-state index contributed by atoms with van der Waals surface area (Å²) in [4.78, 5) is 12.2. The Morgan fingerprint density at radius 1 is 1.19 bits per heavy atom. The predicted octanol–water partition coefficient (Wildman–Crippen LogP) is 2.63. The minimum Gasteiger partial charge on any atom is -0.352 e. The van der Waals surface area contributed by atoms with Crippen molar-refractivity contribution in [2.75, 3.05) is 13.1 Å². The van der Waals surface area contributed by atoms with Gasteiger partial charge in [-0.25, -0.2) is 0 Å². The molecule has 27 heavy (non-hydrogen) atoms. The predicted molar refractivity (Wildman–Crippen MR) is 103 cm³/mol. The fraction of sp³-hybridized carbons (Fsp3) is 0.318. The second kappa shape index (κ2) is 7.61. The van der Waals surface area contributed by atoms with E-state index < -0.39 is 5.41 Å². The molecule has 2 atom stereocenters. The molecule has 2 unspecified atom stereocenters. The molecule has 0 fully saturated rings. The zero-order chi connectivity index (χ0) is 19.4. The van der Waals surface area contributed by atoms with Crippen LogP contribution in [0, 0.1) is 22.7 Å². The van der Waals surface area contributed by atoms with Crippen molar-refractivity contribution in [3.8, 4) is 12.1 Å². The van der Waals surface area contributed by atoms with Gasteiger partial charge in [0.2, 0.25) is 5.91 Å². The number of allylic oxidation sites excluding steroid dienone is 2. The Balaban J connectivity index is 2.16. The van der Waals surface area contributed by atoms with Gasteiger partial charge in [0.05, 0.1) is 17.7 Å². The minimum atomic E-state index is -0.519. The number of fused-ring (bicyclic) bond motifs is 1. The van der Waals surface area contributed by atoms with Crippen molar-refractivity contribution in [3.63, 3.8) is 0 Å². The molecule has 0 saturated heterocycles. The lowest BCUT2D eigenvalue weighted by Crippen LogP contribution is -2.49. The summed E-state index contributed by atoms with van der Waals surface area (Å²) >= 11 is 0. The van der Waals surface area contributed by atoms with Crippen molar-refractivity contribution in [1.29, 1.82) is 10.5 Å². The number of carbonyl (C=O) groups excluding carboxylic acids is 1. The van der Waals surface area contributed by atoms with Crippen LogP contribution in [0.2, 0.25) is 0 Å². The summed E-state index contributed by atoms with van der Waals surface area (Å²) in [5.74, 6) is -0.0854. The molecule has 3 rings (SSSR count). The van der Waals surface area contributed by atoms with Crippen LogP contribution in [-0.4, -0.2) is 25.0 Å². The highest BCUT2D eigenvalue weighted by Crippen LogP contribution is 2.39. The molecule has 2 aliphatic rings. The lowest BCUT2D eigenvalue weighted by molar-refractivity contribution is -0.117. The third-order valence-electron chi connectivity index (χ3n) is 5.18. The molecule has 1 amide bonds. The molecule has 0 radical (unpaired) electrons. The standard InChI is InChI=1S/C22H22N4O/c1-15-9-18-10-17(14-24)12-22(2,19-6-3-5-16(11-19)13-23)20(18)25-7-4-8-26-21(15)27/h3,5-6,9-12,20,25H,4,7-8H2,1-2H3,(H,26,27)/b15-9+. The molecule has 1 aromatic rings. The minimum absolute atomic E-state index is 0.0854. The van der Waals surface area contributed by atoms with Crippen LogP contribution < -0.4 is 10.6 Å². The highest BCUT2D eigenvalue weighted by atomic mass is 16.1. The van der Waals surface area contributed by atoms with Gasteiger partial charge in [0.15, 0.2) is 0 Å². The maximum atomic E-state index is 12.2. The largest absolute Gasteiger partial charge is 0.352 e. The Kier molecular flexibility index (Phi) is 5.26. The number of carbonyl (C=O) groups is 1. The van der Waals surface area contributed by atoms with Crippen LogP contribution in [0.1, 0.15) is 31.4 Å². The molecule has 136 valence electrons. The van der Waals surface area contributed by atoms with E-state index in [2.05, 4.69) is 29.7 Å². The van der Waals surface area contributed by atoms with Gasteiger partial charge in [-0.3, -0.25) is 4.79 Å². The quantitative estimate of drug-likeness (QED) is 0.808. The summed E-state index contributed by atoms with van der Waals surface area (Å²) in [6.07, 6.45) is 6.46. The summed E-state index contributed by atoms with van der Waals surface area (Å²) in [5, 5.41) is 25.4. The van der Waals surface area contributed by atoms with Crippen LogP contribution in [-0.2, 0) is 10.2 Å². The highest BCUT2D eigenvalue weighted by molar-refractivity contribution is 5.93. The van der Waals surface area contributed by atoms with Gasteiger partial charge in [-0.1, -0.05) is 25.1 Å². The molecule has 1 aromatic carbocycles. The van der Waals surface area contributed by atoms with E-state index >= 15 is 0 Å². The lowest BCUT2D eigenvalue weighted by atomic mass is 9.68. The van der Waals surface area contributed by atoms with Crippen molar-refractivity contribution < 1.29 is 4.79 Å². The number of nitrogens with zero attached hydrogens (tertiary/aromatic N) is 2. The molecule has 0 aromatic heterocycles. The second-order valence-electron chi connectivity index (χ2n) is 7.16. The number of hydrogen-bond acceptors (Lipinski definition) is 4. The van der Waals surface area contributed by atoms with Crippen LogP contribution in [0.25, 0.3) is 0 Å². The summed E-state index contributed by atoms with van der Waals surface area (Å²) in [6, 6.07) is 11.8. The molecule has 0 bridgehead atoms. The number of benzene rings is 1. The monoisotopic (exact) mass is 358 g/mol. The number of nitrogens with one attached hydrogen (secondary N) is 2. The van der Waals surface area contributed by atoms with Crippen molar-refractivity contribution in [1.82, 2.24) is 10.6 Å². The molecular formula is C22H22N4O. The van der Waals surface area contributed by atoms with Crippen LogP contribution in [0.15, 0.2) is 59.2 Å². The van der Waals surface area contributed by atoms with Crippen molar-refractivity contribution in [2.24, 2.45) is 0 Å². The van der Waals surface area contributed by atoms with Gasteiger partial charge in [0.25, 0.3) is 0 Å². The van der Waals surface area contributed by atoms with Crippen LogP contribution >= 0.6 is 0 Å². The summed E-state index contributed by atoms with van der Waals surface area (Å²) in [7, 11) is 0. The van der Waals surface area contributed by atoms with Crippen LogP contribution in [0.3, 0.4) is 0 Å². The Morgan fingerprint density at radius 3 is 2.74 bits per heavy atom. The first-order valence-corrected chi connectivity index (χ1v) is 9.03. The summed E-state index contributed by atoms with van der Waals surface area (Å²) in [5.41, 5.74) is 3.09. The number of hydrogen-bond donors (Lipinski definition) is 2. The molecule has 1 aliphatic carbocycles. The Bertz CT molecular complexity index is 942. The lowest BCUT2D eigenvalue weighted by Gasteiger charge is -2.40. The molecule has 0 spiro atoms. The van der Waals surface area contributed by atoms with Crippen molar-refractivity contribution in [2.45, 2.75) is 31.7 Å². The van der Waals surface area contributed by atoms with E-state index in [1.165, 1.54) is 0 Å². The number of nitriles is 2. The summed E-state index contributed by atoms with van der Waals surface area (Å²) in [6.45, 7) is 5.20. The molecule has 0 saturated carbocycles. The van der Waals surface area contributed by atoms with Gasteiger partial charge < -0.3 is 10.6 Å². The first kappa shape index (κ1) is 18.6. The van der Waals surface area contributed by atoms with Gasteiger partial charge >= 0.3 is 0 Å².